The van der Waals surface area contributed by atoms with Gasteiger partial charge >= 0.3 is 5.97 Å². The molecule has 0 aliphatic heterocycles. The third-order valence-corrected chi connectivity index (χ3v) is 3.90. The predicted octanol–water partition coefficient (Wildman–Crippen LogP) is 2.57. The van der Waals surface area contributed by atoms with Gasteiger partial charge in [-0.2, -0.15) is 0 Å². The zero-order chi connectivity index (χ0) is 13.9. The number of hydrogen-bond donors (Lipinski definition) is 0. The molecule has 0 spiro atoms. The van der Waals surface area contributed by atoms with Gasteiger partial charge in [-0.1, -0.05) is 6.92 Å². The number of carbonyl (C=O) groups is 1. The van der Waals surface area contributed by atoms with Crippen molar-refractivity contribution in [2.24, 2.45) is 11.8 Å². The van der Waals surface area contributed by atoms with Crippen LogP contribution in [0.2, 0.25) is 19.6 Å². The second-order valence-corrected chi connectivity index (χ2v) is 10.2. The lowest BCUT2D eigenvalue weighted by Crippen LogP contribution is -2.39. The van der Waals surface area contributed by atoms with Gasteiger partial charge < -0.3 is 13.9 Å². The van der Waals surface area contributed by atoms with Gasteiger partial charge in [0, 0.05) is 13.5 Å². The van der Waals surface area contributed by atoms with Crippen molar-refractivity contribution < 1.29 is 18.7 Å². The first kappa shape index (κ1) is 15.2. The van der Waals surface area contributed by atoms with E-state index in [1.54, 1.807) is 7.11 Å². The van der Waals surface area contributed by atoms with E-state index in [9.17, 15) is 4.79 Å². The first-order chi connectivity index (χ1) is 8.28. The molecule has 0 aromatic rings. The van der Waals surface area contributed by atoms with Crippen LogP contribution in [0.25, 0.3) is 0 Å². The van der Waals surface area contributed by atoms with Crippen LogP contribution in [0.3, 0.4) is 0 Å². The molecule has 0 amide bonds. The molecule has 3 atom stereocenters. The quantitative estimate of drug-likeness (QED) is 0.583. The highest BCUT2D eigenvalue weighted by Gasteiger charge is 2.38. The van der Waals surface area contributed by atoms with Crippen molar-refractivity contribution in [2.45, 2.75) is 39.1 Å². The average Bonchev–Trinajstić information content (AvgIpc) is 2.24. The Hall–Kier alpha value is -0.813. The van der Waals surface area contributed by atoms with Crippen molar-refractivity contribution in [1.29, 1.82) is 0 Å². The molecule has 5 heteroatoms. The van der Waals surface area contributed by atoms with E-state index in [0.29, 0.717) is 0 Å². The molecule has 18 heavy (non-hydrogen) atoms. The number of hydrogen-bond acceptors (Lipinski definition) is 4. The number of methoxy groups -OCH3 is 2. The van der Waals surface area contributed by atoms with E-state index in [1.165, 1.54) is 7.11 Å². The van der Waals surface area contributed by atoms with Gasteiger partial charge in [0.2, 0.25) is 8.32 Å². The van der Waals surface area contributed by atoms with Crippen LogP contribution in [0, 0.1) is 11.8 Å². The molecule has 0 heterocycles. The van der Waals surface area contributed by atoms with E-state index in [0.717, 1.165) is 12.2 Å². The lowest BCUT2D eigenvalue weighted by Gasteiger charge is -2.34. The smallest absolute Gasteiger partial charge is 0.311 e. The number of carbonyl (C=O) groups excluding carboxylic acids is 1. The van der Waals surface area contributed by atoms with Crippen molar-refractivity contribution in [3.8, 4) is 0 Å². The second-order valence-electron chi connectivity index (χ2n) is 5.78. The Labute approximate surface area is 110 Å². The minimum atomic E-state index is -1.61. The van der Waals surface area contributed by atoms with Crippen LogP contribution < -0.4 is 0 Å². The monoisotopic (exact) mass is 272 g/mol. The SMILES string of the molecule is COC(=O)[C@@H]1C(OC)C=C(O[Si](C)(C)C)C[C@@H]1C. The highest BCUT2D eigenvalue weighted by Crippen LogP contribution is 2.33. The summed E-state index contributed by atoms with van der Waals surface area (Å²) in [5, 5.41) is 0. The minimum Gasteiger partial charge on any atom is -0.547 e. The molecule has 0 bridgehead atoms. The van der Waals surface area contributed by atoms with E-state index in [4.69, 9.17) is 13.9 Å². The third-order valence-electron chi connectivity index (χ3n) is 3.02. The second kappa shape index (κ2) is 5.89. The highest BCUT2D eigenvalue weighted by atomic mass is 28.4. The van der Waals surface area contributed by atoms with Gasteiger partial charge in [0.25, 0.3) is 0 Å². The molecule has 0 N–H and O–H groups in total. The summed E-state index contributed by atoms with van der Waals surface area (Å²) in [5.41, 5.74) is 0. The van der Waals surface area contributed by atoms with Gasteiger partial charge in [0.1, 0.15) is 0 Å². The Morgan fingerprint density at radius 2 is 1.94 bits per heavy atom. The maximum Gasteiger partial charge on any atom is 0.311 e. The van der Waals surface area contributed by atoms with Crippen LogP contribution in [0.5, 0.6) is 0 Å². The summed E-state index contributed by atoms with van der Waals surface area (Å²) in [5.74, 6) is 0.666. The van der Waals surface area contributed by atoms with Gasteiger partial charge in [-0.3, -0.25) is 4.79 Å². The Morgan fingerprint density at radius 3 is 2.39 bits per heavy atom. The van der Waals surface area contributed by atoms with Gasteiger partial charge in [-0.05, 0) is 31.6 Å². The molecule has 0 fully saturated rings. The van der Waals surface area contributed by atoms with E-state index < -0.39 is 8.32 Å². The van der Waals surface area contributed by atoms with Crippen LogP contribution in [0.15, 0.2) is 11.8 Å². The summed E-state index contributed by atoms with van der Waals surface area (Å²) in [7, 11) is 1.41. The molecule has 104 valence electrons. The molecule has 1 aliphatic carbocycles. The van der Waals surface area contributed by atoms with E-state index in [2.05, 4.69) is 19.6 Å². The van der Waals surface area contributed by atoms with Crippen molar-refractivity contribution in [3.05, 3.63) is 11.8 Å². The lowest BCUT2D eigenvalue weighted by atomic mass is 9.81. The number of rotatable bonds is 4. The molecular formula is C13H24O4Si. The van der Waals surface area contributed by atoms with Crippen molar-refractivity contribution in [3.63, 3.8) is 0 Å². The first-order valence-electron chi connectivity index (χ1n) is 6.29. The van der Waals surface area contributed by atoms with Gasteiger partial charge in [-0.15, -0.1) is 0 Å². The van der Waals surface area contributed by atoms with Gasteiger partial charge in [0.05, 0.1) is 24.9 Å². The summed E-state index contributed by atoms with van der Waals surface area (Å²) in [4.78, 5) is 11.8. The molecule has 1 unspecified atom stereocenters. The fraction of sp³-hybridized carbons (Fsp3) is 0.769. The molecule has 1 rings (SSSR count). The van der Waals surface area contributed by atoms with Gasteiger partial charge in [-0.25, -0.2) is 0 Å². The highest BCUT2D eigenvalue weighted by molar-refractivity contribution is 6.70. The zero-order valence-corrected chi connectivity index (χ0v) is 13.1. The minimum absolute atomic E-state index is 0.166. The molecule has 4 nitrogen and oxygen atoms in total. The fourth-order valence-electron chi connectivity index (χ4n) is 2.31. The van der Waals surface area contributed by atoms with E-state index >= 15 is 0 Å². The van der Waals surface area contributed by atoms with Crippen LogP contribution in [-0.4, -0.2) is 34.6 Å². The Kier molecular flexibility index (Phi) is 4.98. The zero-order valence-electron chi connectivity index (χ0n) is 12.1. The summed E-state index contributed by atoms with van der Waals surface area (Å²) < 4.78 is 16.3. The Bertz CT molecular complexity index is 332. The molecule has 0 aromatic carbocycles. The summed E-state index contributed by atoms with van der Waals surface area (Å²) in [6, 6.07) is 0. The Balaban J connectivity index is 2.89. The standard InChI is InChI=1S/C13H24O4Si/c1-9-7-10(17-18(4,5)6)8-11(15-2)12(9)13(14)16-3/h8-9,11-12H,7H2,1-6H3/t9-,11?,12-/m0/s1. The summed E-state index contributed by atoms with van der Waals surface area (Å²) in [6.45, 7) is 8.47. The van der Waals surface area contributed by atoms with Crippen LogP contribution >= 0.6 is 0 Å². The number of ether oxygens (including phenoxy) is 2. The first-order valence-corrected chi connectivity index (χ1v) is 9.69. The Morgan fingerprint density at radius 1 is 1.33 bits per heavy atom. The number of allylic oxidation sites excluding steroid dienone is 1. The summed E-state index contributed by atoms with van der Waals surface area (Å²) >= 11 is 0. The predicted molar refractivity (Wildman–Crippen MR) is 72.6 cm³/mol. The third kappa shape index (κ3) is 3.85. The summed E-state index contributed by atoms with van der Waals surface area (Å²) in [6.07, 6.45) is 2.44. The van der Waals surface area contributed by atoms with Crippen LogP contribution in [-0.2, 0) is 18.7 Å². The molecule has 0 aromatic heterocycles. The molecule has 0 saturated heterocycles. The molecule has 1 aliphatic rings. The fourth-order valence-corrected chi connectivity index (χ4v) is 3.25. The van der Waals surface area contributed by atoms with Crippen molar-refractivity contribution >= 4 is 14.3 Å². The largest absolute Gasteiger partial charge is 0.547 e. The maximum absolute atomic E-state index is 11.8. The van der Waals surface area contributed by atoms with Crippen LogP contribution in [0.1, 0.15) is 13.3 Å². The topological polar surface area (TPSA) is 44.8 Å². The normalized spacial score (nSPS) is 28.6. The molecular weight excluding hydrogens is 248 g/mol. The van der Waals surface area contributed by atoms with Crippen molar-refractivity contribution in [2.75, 3.05) is 14.2 Å². The molecule has 0 saturated carbocycles. The van der Waals surface area contributed by atoms with E-state index in [-0.39, 0.29) is 23.9 Å². The lowest BCUT2D eigenvalue weighted by molar-refractivity contribution is -0.152. The van der Waals surface area contributed by atoms with E-state index in [1.807, 2.05) is 13.0 Å². The van der Waals surface area contributed by atoms with Crippen LogP contribution in [0.4, 0.5) is 0 Å². The van der Waals surface area contributed by atoms with Gasteiger partial charge in [0.15, 0.2) is 0 Å². The van der Waals surface area contributed by atoms with Crippen molar-refractivity contribution in [1.82, 2.24) is 0 Å². The maximum atomic E-state index is 11.8. The number of esters is 1. The average molecular weight is 272 g/mol. The molecule has 0 radical (unpaired) electrons.